The Bertz CT molecular complexity index is 712. The average molecular weight is 556 g/mol. The molecule has 176 valence electrons. The summed E-state index contributed by atoms with van der Waals surface area (Å²) in [6.45, 7) is 9.03. The molecule has 1 aliphatic rings. The van der Waals surface area contributed by atoms with Crippen molar-refractivity contribution in [1.82, 2.24) is 20.5 Å². The molecule has 1 aliphatic heterocycles. The number of alkyl halides is 3. The Morgan fingerprint density at radius 2 is 2.10 bits per heavy atom. The van der Waals surface area contributed by atoms with E-state index in [0.717, 1.165) is 31.8 Å². The van der Waals surface area contributed by atoms with E-state index in [4.69, 9.17) is 0 Å². The molecule has 1 saturated heterocycles. The molecule has 2 rings (SSSR count). The smallest absolute Gasteiger partial charge is 0.370 e. The first-order chi connectivity index (χ1) is 14.2. The van der Waals surface area contributed by atoms with E-state index in [9.17, 15) is 18.0 Å². The molecule has 0 spiro atoms. The summed E-state index contributed by atoms with van der Waals surface area (Å²) in [5, 5.41) is 9.58. The largest absolute Gasteiger partial charge is 0.417 e. The Balaban J connectivity index is 0.00000480. The van der Waals surface area contributed by atoms with Gasteiger partial charge in [-0.3, -0.25) is 9.79 Å². The lowest BCUT2D eigenvalue weighted by Crippen LogP contribution is -2.45. The highest BCUT2D eigenvalue weighted by molar-refractivity contribution is 14.0. The third-order valence-corrected chi connectivity index (χ3v) is 4.68. The summed E-state index contributed by atoms with van der Waals surface area (Å²) in [6.07, 6.45) is -1.98. The van der Waals surface area contributed by atoms with Crippen LogP contribution in [0.25, 0.3) is 0 Å². The maximum absolute atomic E-state index is 12.5. The number of carbonyl (C=O) groups excluding carboxylic acids is 1. The zero-order valence-electron chi connectivity index (χ0n) is 18.1. The molecule has 7 nitrogen and oxygen atoms in total. The standard InChI is InChI=1S/C20H31F3N6O.HI/c1-4-24-19(28-16-8-11-29(13-16)18(30)14(2)3)26-10-5-9-25-17-7-6-15(12-27-17)20(21,22)23;/h6-7,12,14,16H,4-5,8-11,13H2,1-3H3,(H,25,27)(H2,24,26,28);1H. The molecule has 1 atom stereocenters. The van der Waals surface area contributed by atoms with Crippen LogP contribution in [0.5, 0.6) is 0 Å². The van der Waals surface area contributed by atoms with E-state index in [1.807, 2.05) is 25.7 Å². The van der Waals surface area contributed by atoms with Crippen molar-refractivity contribution in [2.24, 2.45) is 10.9 Å². The van der Waals surface area contributed by atoms with Crippen LogP contribution in [-0.4, -0.2) is 60.5 Å². The molecule has 0 aromatic carbocycles. The molecular weight excluding hydrogens is 524 g/mol. The number of hydrogen-bond acceptors (Lipinski definition) is 4. The second-order valence-electron chi connectivity index (χ2n) is 7.54. The zero-order valence-corrected chi connectivity index (χ0v) is 20.5. The number of guanidine groups is 1. The summed E-state index contributed by atoms with van der Waals surface area (Å²) in [5.41, 5.74) is -0.764. The van der Waals surface area contributed by atoms with Crippen molar-refractivity contribution in [3.05, 3.63) is 23.9 Å². The van der Waals surface area contributed by atoms with Gasteiger partial charge in [-0.1, -0.05) is 13.8 Å². The molecule has 1 unspecified atom stereocenters. The van der Waals surface area contributed by atoms with Crippen LogP contribution in [0.15, 0.2) is 23.3 Å². The number of aliphatic imine (C=N–C) groups is 1. The van der Waals surface area contributed by atoms with Crippen LogP contribution in [0, 0.1) is 5.92 Å². The van der Waals surface area contributed by atoms with Gasteiger partial charge in [0.25, 0.3) is 0 Å². The lowest BCUT2D eigenvalue weighted by atomic mass is 10.2. The molecule has 0 radical (unpaired) electrons. The molecular formula is C20H32F3IN6O. The van der Waals surface area contributed by atoms with E-state index in [1.54, 1.807) is 0 Å². The summed E-state index contributed by atoms with van der Waals surface area (Å²) in [6, 6.07) is 2.50. The summed E-state index contributed by atoms with van der Waals surface area (Å²) >= 11 is 0. The third-order valence-electron chi connectivity index (χ3n) is 4.68. The summed E-state index contributed by atoms with van der Waals surface area (Å²) in [5.74, 6) is 1.27. The lowest BCUT2D eigenvalue weighted by molar-refractivity contribution is -0.137. The number of nitrogens with one attached hydrogen (secondary N) is 3. The van der Waals surface area contributed by atoms with E-state index in [2.05, 4.69) is 25.9 Å². The molecule has 2 heterocycles. The van der Waals surface area contributed by atoms with Crippen LogP contribution in [0.2, 0.25) is 0 Å². The maximum Gasteiger partial charge on any atom is 0.417 e. The van der Waals surface area contributed by atoms with Gasteiger partial charge in [0.2, 0.25) is 5.91 Å². The van der Waals surface area contributed by atoms with Crippen molar-refractivity contribution in [2.45, 2.75) is 45.8 Å². The molecule has 1 aromatic rings. The fraction of sp³-hybridized carbons (Fsp3) is 0.650. The van der Waals surface area contributed by atoms with Crippen molar-refractivity contribution in [2.75, 3.05) is 38.0 Å². The number of amides is 1. The molecule has 11 heteroatoms. The van der Waals surface area contributed by atoms with Gasteiger partial charge in [-0.25, -0.2) is 4.98 Å². The predicted octanol–water partition coefficient (Wildman–Crippen LogP) is 3.33. The highest BCUT2D eigenvalue weighted by Crippen LogP contribution is 2.28. The normalized spacial score (nSPS) is 16.8. The van der Waals surface area contributed by atoms with E-state index in [0.29, 0.717) is 37.8 Å². The van der Waals surface area contributed by atoms with Crippen molar-refractivity contribution >= 4 is 41.7 Å². The number of likely N-dealkylation sites (tertiary alicyclic amines) is 1. The summed E-state index contributed by atoms with van der Waals surface area (Å²) in [7, 11) is 0. The van der Waals surface area contributed by atoms with Crippen LogP contribution in [-0.2, 0) is 11.0 Å². The maximum atomic E-state index is 12.5. The van der Waals surface area contributed by atoms with Gasteiger partial charge in [-0.05, 0) is 31.9 Å². The van der Waals surface area contributed by atoms with E-state index >= 15 is 0 Å². The Labute approximate surface area is 198 Å². The van der Waals surface area contributed by atoms with Crippen molar-refractivity contribution in [1.29, 1.82) is 0 Å². The molecule has 31 heavy (non-hydrogen) atoms. The first kappa shape index (κ1) is 27.2. The number of pyridine rings is 1. The summed E-state index contributed by atoms with van der Waals surface area (Å²) in [4.78, 5) is 22.3. The fourth-order valence-corrected chi connectivity index (χ4v) is 3.11. The molecule has 0 saturated carbocycles. The van der Waals surface area contributed by atoms with Gasteiger partial charge in [0.05, 0.1) is 5.56 Å². The Morgan fingerprint density at radius 3 is 2.68 bits per heavy atom. The fourth-order valence-electron chi connectivity index (χ4n) is 3.11. The minimum absolute atomic E-state index is 0. The van der Waals surface area contributed by atoms with Crippen LogP contribution in [0.4, 0.5) is 19.0 Å². The highest BCUT2D eigenvalue weighted by Gasteiger charge is 2.30. The SMILES string of the molecule is CCNC(=NCCCNc1ccc(C(F)(F)F)cn1)NC1CCN(C(=O)C(C)C)C1.I. The van der Waals surface area contributed by atoms with Gasteiger partial charge in [0.1, 0.15) is 5.82 Å². The quantitative estimate of drug-likeness (QED) is 0.198. The molecule has 1 amide bonds. The van der Waals surface area contributed by atoms with Gasteiger partial charge < -0.3 is 20.9 Å². The number of rotatable bonds is 8. The number of hydrogen-bond donors (Lipinski definition) is 3. The molecule has 0 bridgehead atoms. The first-order valence-electron chi connectivity index (χ1n) is 10.3. The second kappa shape index (κ2) is 12.9. The summed E-state index contributed by atoms with van der Waals surface area (Å²) < 4.78 is 37.6. The molecule has 1 aromatic heterocycles. The highest BCUT2D eigenvalue weighted by atomic mass is 127. The minimum atomic E-state index is -4.38. The Hall–Kier alpha value is -1.79. The van der Waals surface area contributed by atoms with Crippen molar-refractivity contribution in [3.8, 4) is 0 Å². The number of halogens is 4. The predicted molar refractivity (Wildman–Crippen MR) is 127 cm³/mol. The monoisotopic (exact) mass is 556 g/mol. The molecule has 3 N–H and O–H groups in total. The number of aromatic nitrogens is 1. The van der Waals surface area contributed by atoms with Crippen LogP contribution < -0.4 is 16.0 Å². The van der Waals surface area contributed by atoms with Crippen LogP contribution >= 0.6 is 24.0 Å². The van der Waals surface area contributed by atoms with Gasteiger partial charge in [0, 0.05) is 50.9 Å². The Morgan fingerprint density at radius 1 is 1.35 bits per heavy atom. The zero-order chi connectivity index (χ0) is 22.1. The topological polar surface area (TPSA) is 81.7 Å². The third kappa shape index (κ3) is 9.08. The number of nitrogens with zero attached hydrogens (tertiary/aromatic N) is 3. The second-order valence-corrected chi connectivity index (χ2v) is 7.54. The Kier molecular flexibility index (Phi) is 11.4. The lowest BCUT2D eigenvalue weighted by Gasteiger charge is -2.20. The number of carbonyl (C=O) groups is 1. The van der Waals surface area contributed by atoms with E-state index in [1.165, 1.54) is 6.07 Å². The van der Waals surface area contributed by atoms with Gasteiger partial charge >= 0.3 is 6.18 Å². The van der Waals surface area contributed by atoms with Crippen LogP contribution in [0.1, 0.15) is 39.2 Å². The number of anilines is 1. The molecule has 1 fully saturated rings. The van der Waals surface area contributed by atoms with E-state index < -0.39 is 11.7 Å². The van der Waals surface area contributed by atoms with Gasteiger partial charge in [-0.15, -0.1) is 24.0 Å². The van der Waals surface area contributed by atoms with E-state index in [-0.39, 0.29) is 41.8 Å². The minimum Gasteiger partial charge on any atom is -0.370 e. The average Bonchev–Trinajstić information content (AvgIpc) is 3.15. The van der Waals surface area contributed by atoms with Gasteiger partial charge in [-0.2, -0.15) is 13.2 Å². The van der Waals surface area contributed by atoms with Crippen molar-refractivity contribution in [3.63, 3.8) is 0 Å². The van der Waals surface area contributed by atoms with Crippen LogP contribution in [0.3, 0.4) is 0 Å². The van der Waals surface area contributed by atoms with Crippen molar-refractivity contribution < 1.29 is 18.0 Å². The van der Waals surface area contributed by atoms with Gasteiger partial charge in [0.15, 0.2) is 5.96 Å². The molecule has 0 aliphatic carbocycles. The first-order valence-corrected chi connectivity index (χ1v) is 10.3.